The molecule has 0 saturated carbocycles. The first-order valence-corrected chi connectivity index (χ1v) is 3.50. The third-order valence-electron chi connectivity index (χ3n) is 1.40. The van der Waals surface area contributed by atoms with Crippen LogP contribution in [0.25, 0.3) is 0 Å². The van der Waals surface area contributed by atoms with Gasteiger partial charge in [-0.15, -0.1) is 0 Å². The topological polar surface area (TPSA) is 12.4 Å². The molecule has 0 amide bonds. The molecule has 2 heteroatoms. The van der Waals surface area contributed by atoms with Crippen LogP contribution in [0.4, 0.5) is 0 Å². The molecular formula is C7H11BN. The minimum absolute atomic E-state index is 1.14. The Morgan fingerprint density at radius 3 is 3.11 bits per heavy atom. The lowest BCUT2D eigenvalue weighted by molar-refractivity contribution is 0.840. The molecular weight excluding hydrogens is 109 g/mol. The smallest absolute Gasteiger partial charge is 0.203 e. The van der Waals surface area contributed by atoms with E-state index in [2.05, 4.69) is 19.2 Å². The fraction of sp³-hybridized carbons (Fsp3) is 0.571. The lowest BCUT2D eigenvalue weighted by Crippen LogP contribution is -2.01. The van der Waals surface area contributed by atoms with Gasteiger partial charge in [-0.25, -0.2) is 0 Å². The number of unbranched alkanes of at least 4 members (excludes halogenated alkanes) is 1. The summed E-state index contributed by atoms with van der Waals surface area (Å²) in [7, 11) is 2.08. The van der Waals surface area contributed by atoms with Gasteiger partial charge in [0.25, 0.3) is 0 Å². The zero-order chi connectivity index (χ0) is 6.53. The van der Waals surface area contributed by atoms with Crippen LogP contribution in [0.3, 0.4) is 0 Å². The quantitative estimate of drug-likeness (QED) is 0.503. The van der Waals surface area contributed by atoms with Gasteiger partial charge in [0.2, 0.25) is 7.28 Å². The van der Waals surface area contributed by atoms with E-state index >= 15 is 0 Å². The highest BCUT2D eigenvalue weighted by Crippen LogP contribution is 2.00. The second kappa shape index (κ2) is 3.49. The number of hydrogen-bond acceptors (Lipinski definition) is 1. The van der Waals surface area contributed by atoms with Crippen LogP contribution in [0.5, 0.6) is 0 Å². The summed E-state index contributed by atoms with van der Waals surface area (Å²) in [5.41, 5.74) is 1.23. The standard InChI is InChI=1S/C7H11BN/c1-2-3-4-7-8-5-6-9-7/h5-6H,2-4H2,1H3. The van der Waals surface area contributed by atoms with E-state index in [1.165, 1.54) is 18.5 Å². The second-order valence-electron chi connectivity index (χ2n) is 2.23. The van der Waals surface area contributed by atoms with Gasteiger partial charge >= 0.3 is 0 Å². The van der Waals surface area contributed by atoms with E-state index in [4.69, 9.17) is 0 Å². The van der Waals surface area contributed by atoms with Crippen molar-refractivity contribution in [2.24, 2.45) is 4.99 Å². The molecule has 0 atom stereocenters. The van der Waals surface area contributed by atoms with Crippen molar-refractivity contribution in [2.75, 3.05) is 0 Å². The SMILES string of the molecule is CCCCC1=NC=C[B]1. The van der Waals surface area contributed by atoms with Gasteiger partial charge in [-0.05, 0) is 18.5 Å². The number of aliphatic imine (C=N–C) groups is 1. The van der Waals surface area contributed by atoms with Gasteiger partial charge in [-0.1, -0.05) is 19.3 Å². The molecule has 0 spiro atoms. The van der Waals surface area contributed by atoms with E-state index in [1.54, 1.807) is 0 Å². The molecule has 9 heavy (non-hydrogen) atoms. The summed E-state index contributed by atoms with van der Waals surface area (Å²) < 4.78 is 0. The molecule has 0 aromatic heterocycles. The Kier molecular flexibility index (Phi) is 2.56. The zero-order valence-electron chi connectivity index (χ0n) is 5.80. The summed E-state index contributed by atoms with van der Waals surface area (Å²) in [5.74, 6) is 1.99. The molecule has 0 saturated heterocycles. The number of rotatable bonds is 3. The van der Waals surface area contributed by atoms with Gasteiger partial charge in [-0.2, -0.15) is 0 Å². The summed E-state index contributed by atoms with van der Waals surface area (Å²) in [4.78, 5) is 4.15. The molecule has 0 N–H and O–H groups in total. The van der Waals surface area contributed by atoms with Crippen molar-refractivity contribution in [2.45, 2.75) is 26.2 Å². The monoisotopic (exact) mass is 120 g/mol. The van der Waals surface area contributed by atoms with Crippen LogP contribution in [-0.2, 0) is 0 Å². The Labute approximate surface area is 57.1 Å². The van der Waals surface area contributed by atoms with E-state index in [0.717, 1.165) is 6.42 Å². The number of hydrogen-bond donors (Lipinski definition) is 0. The third-order valence-corrected chi connectivity index (χ3v) is 1.40. The molecule has 1 radical (unpaired) electrons. The van der Waals surface area contributed by atoms with Crippen molar-refractivity contribution in [1.82, 2.24) is 0 Å². The van der Waals surface area contributed by atoms with Crippen LogP contribution in [0.1, 0.15) is 26.2 Å². The van der Waals surface area contributed by atoms with Crippen molar-refractivity contribution >= 4 is 12.9 Å². The molecule has 0 aromatic rings. The van der Waals surface area contributed by atoms with Crippen LogP contribution >= 0.6 is 0 Å². The average Bonchev–Trinajstić information content (AvgIpc) is 2.34. The largest absolute Gasteiger partial charge is 0.277 e. The van der Waals surface area contributed by atoms with Crippen LogP contribution in [0.15, 0.2) is 17.2 Å². The molecule has 1 rings (SSSR count). The first kappa shape index (κ1) is 6.59. The number of nitrogens with zero attached hydrogens (tertiary/aromatic N) is 1. The van der Waals surface area contributed by atoms with Crippen molar-refractivity contribution < 1.29 is 0 Å². The molecule has 1 aliphatic heterocycles. The Bertz CT molecular complexity index is 138. The summed E-state index contributed by atoms with van der Waals surface area (Å²) in [6.07, 6.45) is 5.51. The first-order chi connectivity index (χ1) is 4.43. The van der Waals surface area contributed by atoms with Crippen molar-refractivity contribution in [3.05, 3.63) is 12.2 Å². The maximum Gasteiger partial charge on any atom is 0.203 e. The predicted molar refractivity (Wildman–Crippen MR) is 41.9 cm³/mol. The van der Waals surface area contributed by atoms with Crippen LogP contribution in [-0.4, -0.2) is 12.9 Å². The Morgan fingerprint density at radius 2 is 2.56 bits per heavy atom. The molecule has 1 heterocycles. The molecule has 0 aliphatic carbocycles. The van der Waals surface area contributed by atoms with Gasteiger partial charge in [-0.3, -0.25) is 4.99 Å². The van der Waals surface area contributed by atoms with E-state index in [9.17, 15) is 0 Å². The van der Waals surface area contributed by atoms with Gasteiger partial charge in [0.15, 0.2) is 0 Å². The van der Waals surface area contributed by atoms with E-state index in [0.29, 0.717) is 0 Å². The highest BCUT2D eigenvalue weighted by atomic mass is 14.7. The lowest BCUT2D eigenvalue weighted by Gasteiger charge is -1.94. The van der Waals surface area contributed by atoms with Crippen molar-refractivity contribution in [1.29, 1.82) is 0 Å². The van der Waals surface area contributed by atoms with Gasteiger partial charge in [0.1, 0.15) is 0 Å². The predicted octanol–water partition coefficient (Wildman–Crippen LogP) is 1.76. The Morgan fingerprint density at radius 1 is 1.67 bits per heavy atom. The van der Waals surface area contributed by atoms with Crippen molar-refractivity contribution in [3.63, 3.8) is 0 Å². The second-order valence-corrected chi connectivity index (χ2v) is 2.23. The minimum atomic E-state index is 1.14. The van der Waals surface area contributed by atoms with E-state index in [1.807, 2.05) is 12.2 Å². The fourth-order valence-corrected chi connectivity index (χ4v) is 0.842. The average molecular weight is 120 g/mol. The van der Waals surface area contributed by atoms with Gasteiger partial charge in [0, 0.05) is 6.20 Å². The third kappa shape index (κ3) is 2.04. The summed E-state index contributed by atoms with van der Waals surface area (Å²) in [6.45, 7) is 2.20. The Hall–Kier alpha value is -0.525. The summed E-state index contributed by atoms with van der Waals surface area (Å²) in [5, 5.41) is 0. The fourth-order valence-electron chi connectivity index (χ4n) is 0.842. The maximum absolute atomic E-state index is 4.15. The molecule has 0 unspecified atom stereocenters. The first-order valence-electron chi connectivity index (χ1n) is 3.50. The normalized spacial score (nSPS) is 15.4. The molecule has 0 bridgehead atoms. The van der Waals surface area contributed by atoms with Gasteiger partial charge in [0.05, 0.1) is 0 Å². The lowest BCUT2D eigenvalue weighted by atomic mass is 9.72. The highest BCUT2D eigenvalue weighted by Gasteiger charge is 2.00. The molecule has 0 aromatic carbocycles. The summed E-state index contributed by atoms with van der Waals surface area (Å²) in [6, 6.07) is 0. The van der Waals surface area contributed by atoms with Crippen LogP contribution < -0.4 is 0 Å². The van der Waals surface area contributed by atoms with E-state index < -0.39 is 0 Å². The molecule has 47 valence electrons. The van der Waals surface area contributed by atoms with Crippen LogP contribution in [0.2, 0.25) is 0 Å². The maximum atomic E-state index is 4.15. The molecule has 1 aliphatic rings. The van der Waals surface area contributed by atoms with Crippen molar-refractivity contribution in [3.8, 4) is 0 Å². The van der Waals surface area contributed by atoms with Crippen LogP contribution in [0, 0.1) is 0 Å². The highest BCUT2D eigenvalue weighted by molar-refractivity contribution is 6.80. The Balaban J connectivity index is 2.14. The van der Waals surface area contributed by atoms with Gasteiger partial charge < -0.3 is 0 Å². The summed E-state index contributed by atoms with van der Waals surface area (Å²) >= 11 is 0. The van der Waals surface area contributed by atoms with E-state index in [-0.39, 0.29) is 0 Å². The zero-order valence-corrected chi connectivity index (χ0v) is 5.80. The molecule has 1 nitrogen and oxygen atoms in total. The molecule has 0 fully saturated rings. The minimum Gasteiger partial charge on any atom is -0.277 e.